The first-order chi connectivity index (χ1) is 6.07. The molecule has 0 saturated heterocycles. The van der Waals surface area contributed by atoms with Gasteiger partial charge in [-0.25, -0.2) is 4.98 Å². The van der Waals surface area contributed by atoms with Crippen LogP contribution in [-0.2, 0) is 5.41 Å². The lowest BCUT2D eigenvalue weighted by Crippen LogP contribution is -2.12. The van der Waals surface area contributed by atoms with E-state index in [4.69, 9.17) is 0 Å². The molecule has 5 nitrogen and oxygen atoms in total. The van der Waals surface area contributed by atoms with Crippen molar-refractivity contribution in [1.29, 1.82) is 0 Å². The third kappa shape index (κ3) is 1.37. The summed E-state index contributed by atoms with van der Waals surface area (Å²) in [6.07, 6.45) is 1.63. The minimum absolute atomic E-state index is 0.000694. The molecule has 0 spiro atoms. The third-order valence-corrected chi connectivity index (χ3v) is 1.80. The van der Waals surface area contributed by atoms with Crippen molar-refractivity contribution in [3.63, 3.8) is 0 Å². The van der Waals surface area contributed by atoms with Crippen LogP contribution in [0.4, 0.5) is 0 Å². The lowest BCUT2D eigenvalue weighted by Gasteiger charge is -2.13. The summed E-state index contributed by atoms with van der Waals surface area (Å²) < 4.78 is 0. The first-order valence-electron chi connectivity index (χ1n) is 4.12. The standard InChI is InChI=1S/C8H11N5/c1-8(2,3)7-10-5-4-9-13-12-6(5)11-7/h4H,1-3H3,(H,9,10,11,12). The number of nitrogens with one attached hydrogen (secondary N) is 1. The van der Waals surface area contributed by atoms with Gasteiger partial charge >= 0.3 is 0 Å². The van der Waals surface area contributed by atoms with Crippen molar-refractivity contribution < 1.29 is 0 Å². The molecule has 0 unspecified atom stereocenters. The van der Waals surface area contributed by atoms with Crippen LogP contribution in [0.15, 0.2) is 6.20 Å². The molecule has 0 aliphatic rings. The van der Waals surface area contributed by atoms with Crippen molar-refractivity contribution in [1.82, 2.24) is 25.4 Å². The molecule has 0 atom stereocenters. The van der Waals surface area contributed by atoms with E-state index in [-0.39, 0.29) is 5.41 Å². The molecule has 1 N–H and O–H groups in total. The fraction of sp³-hybridized carbons (Fsp3) is 0.500. The molecule has 13 heavy (non-hydrogen) atoms. The maximum absolute atomic E-state index is 4.31. The van der Waals surface area contributed by atoms with Crippen LogP contribution >= 0.6 is 0 Å². The van der Waals surface area contributed by atoms with E-state index >= 15 is 0 Å². The molecule has 2 aromatic rings. The fourth-order valence-corrected chi connectivity index (χ4v) is 1.05. The Bertz CT molecular complexity index is 392. The highest BCUT2D eigenvalue weighted by Gasteiger charge is 2.18. The Labute approximate surface area is 75.6 Å². The monoisotopic (exact) mass is 177 g/mol. The number of fused-ring (bicyclic) bond motifs is 1. The van der Waals surface area contributed by atoms with Gasteiger partial charge in [-0.15, -0.1) is 10.2 Å². The Morgan fingerprint density at radius 1 is 1.31 bits per heavy atom. The summed E-state index contributed by atoms with van der Waals surface area (Å²) in [7, 11) is 0. The van der Waals surface area contributed by atoms with Crippen LogP contribution in [0.2, 0.25) is 0 Å². The van der Waals surface area contributed by atoms with Gasteiger partial charge < -0.3 is 4.98 Å². The van der Waals surface area contributed by atoms with Gasteiger partial charge in [-0.2, -0.15) is 0 Å². The molecule has 0 aromatic carbocycles. The molecule has 0 fully saturated rings. The van der Waals surface area contributed by atoms with E-state index in [1.165, 1.54) is 0 Å². The van der Waals surface area contributed by atoms with Gasteiger partial charge in [-0.3, -0.25) is 0 Å². The van der Waals surface area contributed by atoms with E-state index in [0.717, 1.165) is 11.3 Å². The molecular formula is C8H11N5. The second-order valence-electron chi connectivity index (χ2n) is 4.01. The van der Waals surface area contributed by atoms with Crippen LogP contribution in [0.3, 0.4) is 0 Å². The fourth-order valence-electron chi connectivity index (χ4n) is 1.05. The zero-order valence-corrected chi connectivity index (χ0v) is 7.87. The van der Waals surface area contributed by atoms with Gasteiger partial charge in [0.05, 0.1) is 6.20 Å². The third-order valence-electron chi connectivity index (χ3n) is 1.80. The molecular weight excluding hydrogens is 166 g/mol. The van der Waals surface area contributed by atoms with Gasteiger partial charge in [-0.1, -0.05) is 20.8 Å². The lowest BCUT2D eigenvalue weighted by molar-refractivity contribution is 0.554. The summed E-state index contributed by atoms with van der Waals surface area (Å²) in [4.78, 5) is 7.47. The van der Waals surface area contributed by atoms with Crippen molar-refractivity contribution in [3.05, 3.63) is 12.0 Å². The molecule has 0 radical (unpaired) electrons. The molecule has 0 aliphatic carbocycles. The number of hydrogen-bond acceptors (Lipinski definition) is 4. The predicted molar refractivity (Wildman–Crippen MR) is 48.2 cm³/mol. The van der Waals surface area contributed by atoms with Crippen LogP contribution in [0.5, 0.6) is 0 Å². The zero-order chi connectivity index (χ0) is 9.47. The smallest absolute Gasteiger partial charge is 0.203 e. The lowest BCUT2D eigenvalue weighted by atomic mass is 9.96. The minimum Gasteiger partial charge on any atom is -0.339 e. The Kier molecular flexibility index (Phi) is 1.55. The zero-order valence-electron chi connectivity index (χ0n) is 7.87. The van der Waals surface area contributed by atoms with Crippen LogP contribution in [0.25, 0.3) is 11.2 Å². The SMILES string of the molecule is CC(C)(C)c1nc2nnncc2[nH]1. The maximum atomic E-state index is 4.31. The van der Waals surface area contributed by atoms with E-state index in [9.17, 15) is 0 Å². The van der Waals surface area contributed by atoms with E-state index in [1.807, 2.05) is 0 Å². The predicted octanol–water partition coefficient (Wildman–Crippen LogP) is 1.05. The van der Waals surface area contributed by atoms with Crippen molar-refractivity contribution in [2.24, 2.45) is 0 Å². The van der Waals surface area contributed by atoms with Crippen LogP contribution in [0, 0.1) is 0 Å². The molecule has 68 valence electrons. The van der Waals surface area contributed by atoms with E-state index < -0.39 is 0 Å². The quantitative estimate of drug-likeness (QED) is 0.653. The van der Waals surface area contributed by atoms with Crippen LogP contribution in [-0.4, -0.2) is 25.4 Å². The number of rotatable bonds is 0. The molecule has 2 heterocycles. The summed E-state index contributed by atoms with van der Waals surface area (Å²) in [5, 5.41) is 11.0. The van der Waals surface area contributed by atoms with Crippen molar-refractivity contribution in [2.75, 3.05) is 0 Å². The summed E-state index contributed by atoms with van der Waals surface area (Å²) in [6.45, 7) is 6.27. The number of H-pyrrole nitrogens is 1. The first kappa shape index (κ1) is 8.10. The summed E-state index contributed by atoms with van der Waals surface area (Å²) in [6, 6.07) is 0. The number of imidazole rings is 1. The summed E-state index contributed by atoms with van der Waals surface area (Å²) in [5.74, 6) is 0.907. The molecule has 0 amide bonds. The highest BCUT2D eigenvalue weighted by Crippen LogP contribution is 2.20. The van der Waals surface area contributed by atoms with E-state index in [2.05, 4.69) is 46.1 Å². The molecule has 0 bridgehead atoms. The van der Waals surface area contributed by atoms with Crippen LogP contribution in [0.1, 0.15) is 26.6 Å². The average Bonchev–Trinajstić information content (AvgIpc) is 2.45. The van der Waals surface area contributed by atoms with Gasteiger partial charge in [0.2, 0.25) is 5.65 Å². The Hall–Kier alpha value is -1.52. The van der Waals surface area contributed by atoms with Gasteiger partial charge in [-0.05, 0) is 5.21 Å². The van der Waals surface area contributed by atoms with Crippen molar-refractivity contribution >= 4 is 11.2 Å². The normalized spacial score (nSPS) is 12.2. The summed E-state index contributed by atoms with van der Waals surface area (Å²) in [5.41, 5.74) is 1.46. The van der Waals surface area contributed by atoms with Gasteiger partial charge in [0.1, 0.15) is 11.3 Å². The minimum atomic E-state index is 0.000694. The largest absolute Gasteiger partial charge is 0.339 e. The number of aromatic nitrogens is 5. The second-order valence-corrected chi connectivity index (χ2v) is 4.01. The molecule has 0 aliphatic heterocycles. The van der Waals surface area contributed by atoms with Crippen molar-refractivity contribution in [3.8, 4) is 0 Å². The van der Waals surface area contributed by atoms with Gasteiger partial charge in [0.25, 0.3) is 0 Å². The maximum Gasteiger partial charge on any atom is 0.203 e. The second kappa shape index (κ2) is 2.48. The van der Waals surface area contributed by atoms with E-state index in [0.29, 0.717) is 5.65 Å². The highest BCUT2D eigenvalue weighted by atomic mass is 15.3. The molecule has 2 aromatic heterocycles. The van der Waals surface area contributed by atoms with Gasteiger partial charge in [0, 0.05) is 5.41 Å². The van der Waals surface area contributed by atoms with Crippen LogP contribution < -0.4 is 0 Å². The van der Waals surface area contributed by atoms with Gasteiger partial charge in [0.15, 0.2) is 0 Å². The molecule has 2 rings (SSSR count). The average molecular weight is 177 g/mol. The Morgan fingerprint density at radius 3 is 2.69 bits per heavy atom. The molecule has 0 saturated carbocycles. The highest BCUT2D eigenvalue weighted by molar-refractivity contribution is 5.68. The summed E-state index contributed by atoms with van der Waals surface area (Å²) >= 11 is 0. The first-order valence-corrected chi connectivity index (χ1v) is 4.12. The number of aromatic amines is 1. The Balaban J connectivity index is 2.63. The molecule has 5 heteroatoms. The van der Waals surface area contributed by atoms with Crippen molar-refractivity contribution in [2.45, 2.75) is 26.2 Å². The Morgan fingerprint density at radius 2 is 2.08 bits per heavy atom. The number of hydrogen-bond donors (Lipinski definition) is 1. The van der Waals surface area contributed by atoms with E-state index in [1.54, 1.807) is 6.20 Å². The topological polar surface area (TPSA) is 67.3 Å². The number of nitrogens with zero attached hydrogens (tertiary/aromatic N) is 4.